The molecule has 1 aliphatic heterocycles. The van der Waals surface area contributed by atoms with Crippen molar-refractivity contribution in [3.05, 3.63) is 29.3 Å². The van der Waals surface area contributed by atoms with Gasteiger partial charge < -0.3 is 15.5 Å². The highest BCUT2D eigenvalue weighted by atomic mass is 35.5. The molecule has 1 atom stereocenters. The van der Waals surface area contributed by atoms with Crippen LogP contribution in [0.2, 0.25) is 0 Å². The zero-order valence-corrected chi connectivity index (χ0v) is 15.9. The number of likely N-dealkylation sites (N-methyl/N-ethyl adjacent to an activating group) is 1. The summed E-state index contributed by atoms with van der Waals surface area (Å²) in [7, 11) is 2.11. The Kier molecular flexibility index (Phi) is 10.3. The summed E-state index contributed by atoms with van der Waals surface area (Å²) in [6, 6.07) is 6.49. The zero-order valence-electron chi connectivity index (χ0n) is 14.2. The van der Waals surface area contributed by atoms with Crippen molar-refractivity contribution in [2.75, 3.05) is 32.0 Å². The molecule has 0 saturated carbocycles. The third-order valence-corrected chi connectivity index (χ3v) is 4.43. The van der Waals surface area contributed by atoms with Crippen molar-refractivity contribution in [3.63, 3.8) is 0 Å². The van der Waals surface area contributed by atoms with E-state index in [9.17, 15) is 4.79 Å². The Morgan fingerprint density at radius 2 is 2.13 bits per heavy atom. The van der Waals surface area contributed by atoms with E-state index in [0.717, 1.165) is 49.2 Å². The summed E-state index contributed by atoms with van der Waals surface area (Å²) in [6.07, 6.45) is 3.20. The normalized spacial score (nSPS) is 13.9. The molecule has 1 unspecified atom stereocenters. The number of halogens is 2. The van der Waals surface area contributed by atoms with E-state index < -0.39 is 0 Å². The van der Waals surface area contributed by atoms with Crippen LogP contribution >= 0.6 is 24.8 Å². The predicted octanol–water partition coefficient (Wildman–Crippen LogP) is 3.35. The van der Waals surface area contributed by atoms with Crippen LogP contribution in [-0.2, 0) is 6.42 Å². The van der Waals surface area contributed by atoms with E-state index in [1.807, 2.05) is 12.1 Å². The molecule has 0 spiro atoms. The first-order valence-corrected chi connectivity index (χ1v) is 7.97. The summed E-state index contributed by atoms with van der Waals surface area (Å²) < 4.78 is 0. The second-order valence-electron chi connectivity index (χ2n) is 5.86. The highest BCUT2D eigenvalue weighted by Crippen LogP contribution is 2.25. The fraction of sp³-hybridized carbons (Fsp3) is 0.588. The maximum atomic E-state index is 12.4. The van der Waals surface area contributed by atoms with Crippen molar-refractivity contribution < 1.29 is 4.79 Å². The summed E-state index contributed by atoms with van der Waals surface area (Å²) in [6.45, 7) is 6.96. The third kappa shape index (κ3) is 5.87. The lowest BCUT2D eigenvalue weighted by Crippen LogP contribution is -2.37. The minimum atomic E-state index is 0. The molecule has 2 rings (SSSR count). The van der Waals surface area contributed by atoms with Crippen LogP contribution in [0, 0.1) is 0 Å². The molecular formula is C17H29Cl2N3O. The Morgan fingerprint density at radius 1 is 1.39 bits per heavy atom. The fourth-order valence-corrected chi connectivity index (χ4v) is 2.70. The van der Waals surface area contributed by atoms with Crippen LogP contribution in [0.1, 0.15) is 42.6 Å². The van der Waals surface area contributed by atoms with Gasteiger partial charge in [-0.1, -0.05) is 13.0 Å². The first kappa shape index (κ1) is 22.0. The van der Waals surface area contributed by atoms with Gasteiger partial charge in [0, 0.05) is 36.9 Å². The third-order valence-electron chi connectivity index (χ3n) is 4.43. The number of rotatable bonds is 6. The van der Waals surface area contributed by atoms with Crippen molar-refractivity contribution in [2.24, 2.45) is 0 Å². The van der Waals surface area contributed by atoms with E-state index in [2.05, 4.69) is 42.5 Å². The molecule has 23 heavy (non-hydrogen) atoms. The lowest BCUT2D eigenvalue weighted by atomic mass is 9.97. The van der Waals surface area contributed by atoms with E-state index in [-0.39, 0.29) is 30.7 Å². The summed E-state index contributed by atoms with van der Waals surface area (Å²) >= 11 is 0. The first-order valence-electron chi connectivity index (χ1n) is 7.97. The van der Waals surface area contributed by atoms with E-state index in [1.54, 1.807) is 0 Å². The predicted molar refractivity (Wildman–Crippen MR) is 102 cm³/mol. The molecular weight excluding hydrogens is 333 g/mol. The van der Waals surface area contributed by atoms with Gasteiger partial charge in [0.15, 0.2) is 0 Å². The molecule has 1 aromatic rings. The molecule has 6 heteroatoms. The van der Waals surface area contributed by atoms with Crippen LogP contribution in [0.5, 0.6) is 0 Å². The lowest BCUT2D eigenvalue weighted by molar-refractivity contribution is 0.0946. The number of nitrogens with zero attached hydrogens (tertiary/aromatic N) is 1. The van der Waals surface area contributed by atoms with Crippen LogP contribution in [0.25, 0.3) is 0 Å². The van der Waals surface area contributed by atoms with Gasteiger partial charge >= 0.3 is 0 Å². The van der Waals surface area contributed by atoms with Gasteiger partial charge in [-0.05, 0) is 50.9 Å². The number of anilines is 1. The number of amides is 1. The highest BCUT2D eigenvalue weighted by Gasteiger charge is 2.17. The smallest absolute Gasteiger partial charge is 0.251 e. The number of nitrogens with one attached hydrogen (secondary N) is 2. The Hall–Kier alpha value is -0.970. The number of fused-ring (bicyclic) bond motifs is 1. The minimum Gasteiger partial charge on any atom is -0.385 e. The average molecular weight is 362 g/mol. The van der Waals surface area contributed by atoms with Gasteiger partial charge in [0.25, 0.3) is 5.91 Å². The summed E-state index contributed by atoms with van der Waals surface area (Å²) in [5.41, 5.74) is 3.10. The van der Waals surface area contributed by atoms with Crippen LogP contribution < -0.4 is 10.6 Å². The summed E-state index contributed by atoms with van der Waals surface area (Å²) in [4.78, 5) is 14.7. The van der Waals surface area contributed by atoms with E-state index in [1.165, 1.54) is 0 Å². The Balaban J connectivity index is 0.00000242. The van der Waals surface area contributed by atoms with Crippen molar-refractivity contribution in [1.29, 1.82) is 0 Å². The molecule has 1 amide bonds. The maximum Gasteiger partial charge on any atom is 0.251 e. The Morgan fingerprint density at radius 3 is 2.83 bits per heavy atom. The van der Waals surface area contributed by atoms with Crippen LogP contribution in [-0.4, -0.2) is 43.5 Å². The second-order valence-corrected chi connectivity index (χ2v) is 5.86. The number of hydrogen-bond donors (Lipinski definition) is 2. The van der Waals surface area contributed by atoms with Gasteiger partial charge in [0.2, 0.25) is 0 Å². The van der Waals surface area contributed by atoms with Gasteiger partial charge in [-0.15, -0.1) is 24.8 Å². The lowest BCUT2D eigenvalue weighted by Gasteiger charge is -2.24. The van der Waals surface area contributed by atoms with E-state index >= 15 is 0 Å². The van der Waals surface area contributed by atoms with E-state index in [4.69, 9.17) is 0 Å². The van der Waals surface area contributed by atoms with Crippen LogP contribution in [0.15, 0.2) is 18.2 Å². The fourth-order valence-electron chi connectivity index (χ4n) is 2.70. The van der Waals surface area contributed by atoms with Gasteiger partial charge in [-0.25, -0.2) is 0 Å². The quantitative estimate of drug-likeness (QED) is 0.816. The number of carbonyl (C=O) groups is 1. The first-order chi connectivity index (χ1) is 10.1. The molecule has 2 N–H and O–H groups in total. The number of hydrogen-bond acceptors (Lipinski definition) is 3. The van der Waals surface area contributed by atoms with Crippen molar-refractivity contribution >= 4 is 36.4 Å². The largest absolute Gasteiger partial charge is 0.385 e. The number of benzene rings is 1. The van der Waals surface area contributed by atoms with Gasteiger partial charge in [-0.2, -0.15) is 0 Å². The topological polar surface area (TPSA) is 44.4 Å². The summed E-state index contributed by atoms with van der Waals surface area (Å²) in [5.74, 6) is 0.0492. The van der Waals surface area contributed by atoms with E-state index in [0.29, 0.717) is 12.6 Å². The van der Waals surface area contributed by atoms with Gasteiger partial charge in [0.1, 0.15) is 0 Å². The molecule has 0 aliphatic carbocycles. The standard InChI is InChI=1S/C17H27N3O.2ClH/c1-4-13(2)20(3)12-11-19-17(21)15-7-5-9-16-14(15)8-6-10-18-16;;/h5,7,9,13,18H,4,6,8,10-12H2,1-3H3,(H,19,21);2*1H. The zero-order chi connectivity index (χ0) is 15.2. The van der Waals surface area contributed by atoms with Crippen molar-refractivity contribution in [1.82, 2.24) is 10.2 Å². The molecule has 0 saturated heterocycles. The highest BCUT2D eigenvalue weighted by molar-refractivity contribution is 5.97. The van der Waals surface area contributed by atoms with Crippen LogP contribution in [0.3, 0.4) is 0 Å². The minimum absolute atomic E-state index is 0. The Labute approximate surface area is 152 Å². The van der Waals surface area contributed by atoms with Gasteiger partial charge in [0.05, 0.1) is 0 Å². The average Bonchev–Trinajstić information content (AvgIpc) is 2.53. The molecule has 1 aromatic carbocycles. The van der Waals surface area contributed by atoms with Crippen molar-refractivity contribution in [3.8, 4) is 0 Å². The summed E-state index contributed by atoms with van der Waals surface area (Å²) in [5, 5.41) is 6.42. The SMILES string of the molecule is CCC(C)N(C)CCNC(=O)c1cccc2c1CCCN2.Cl.Cl. The molecule has 0 radical (unpaired) electrons. The molecule has 1 heterocycles. The Bertz CT molecular complexity index is 497. The van der Waals surface area contributed by atoms with Crippen LogP contribution in [0.4, 0.5) is 5.69 Å². The monoisotopic (exact) mass is 361 g/mol. The molecule has 0 aromatic heterocycles. The molecule has 132 valence electrons. The molecule has 4 nitrogen and oxygen atoms in total. The molecule has 0 bridgehead atoms. The maximum absolute atomic E-state index is 12.4. The molecule has 1 aliphatic rings. The number of carbonyl (C=O) groups excluding carboxylic acids is 1. The second kappa shape index (κ2) is 10.7. The van der Waals surface area contributed by atoms with Crippen molar-refractivity contribution in [2.45, 2.75) is 39.2 Å². The van der Waals surface area contributed by atoms with Gasteiger partial charge in [-0.3, -0.25) is 4.79 Å². The molecule has 0 fully saturated rings.